The van der Waals surface area contributed by atoms with Crippen molar-refractivity contribution in [3.8, 4) is 22.3 Å². The zero-order valence-electron chi connectivity index (χ0n) is 33.5. The third kappa shape index (κ3) is 6.01. The van der Waals surface area contributed by atoms with Gasteiger partial charge in [0.15, 0.2) is 0 Å². The summed E-state index contributed by atoms with van der Waals surface area (Å²) in [4.78, 5) is 2.41. The van der Waals surface area contributed by atoms with Gasteiger partial charge in [0.1, 0.15) is 0 Å². The van der Waals surface area contributed by atoms with Gasteiger partial charge >= 0.3 is 0 Å². The number of fused-ring (bicyclic) bond motifs is 7. The molecule has 1 atom stereocenters. The van der Waals surface area contributed by atoms with Gasteiger partial charge in [-0.15, -0.1) is 6.58 Å². The Morgan fingerprint density at radius 2 is 1.22 bits per heavy atom. The van der Waals surface area contributed by atoms with E-state index in [4.69, 9.17) is 0 Å². The fourth-order valence-electron chi connectivity index (χ4n) is 9.50. The van der Waals surface area contributed by atoms with Gasteiger partial charge in [0.25, 0.3) is 0 Å². The topological polar surface area (TPSA) is 3.24 Å². The van der Waals surface area contributed by atoms with Crippen LogP contribution < -0.4 is 15.3 Å². The van der Waals surface area contributed by atoms with Crippen LogP contribution in [0, 0.1) is 5.41 Å². The molecule has 0 saturated carbocycles. The lowest BCUT2D eigenvalue weighted by Gasteiger charge is -2.29. The van der Waals surface area contributed by atoms with Crippen molar-refractivity contribution >= 4 is 50.3 Å². The molecule has 280 valence electrons. The Hall–Kier alpha value is -6.70. The summed E-state index contributed by atoms with van der Waals surface area (Å²) in [5.74, 6) is 0. The first kappa shape index (κ1) is 35.7. The SMILES string of the molecule is C=CC1(C)CC=c2ccccc2=C1/C=C\Cc1ccc(N(c2ccc(-c3ccc4c(ccc5ccccc54)c3)cc2)c2ccc3c(c2)C(C)(C)c2ccccc2-3)cc1. The number of hydrogen-bond acceptors (Lipinski definition) is 1. The monoisotopic (exact) mass is 745 g/mol. The molecule has 1 heteroatoms. The number of hydrogen-bond donors (Lipinski definition) is 0. The Morgan fingerprint density at radius 3 is 2.05 bits per heavy atom. The van der Waals surface area contributed by atoms with Gasteiger partial charge < -0.3 is 4.90 Å². The minimum Gasteiger partial charge on any atom is -0.310 e. The lowest BCUT2D eigenvalue weighted by atomic mass is 9.75. The summed E-state index contributed by atoms with van der Waals surface area (Å²) in [6, 6.07) is 62.8. The van der Waals surface area contributed by atoms with E-state index >= 15 is 0 Å². The van der Waals surface area contributed by atoms with E-state index in [1.807, 2.05) is 0 Å². The summed E-state index contributed by atoms with van der Waals surface area (Å²) in [5.41, 5.74) is 13.7. The van der Waals surface area contributed by atoms with Crippen LogP contribution in [0.3, 0.4) is 0 Å². The largest absolute Gasteiger partial charge is 0.310 e. The van der Waals surface area contributed by atoms with E-state index < -0.39 is 0 Å². The van der Waals surface area contributed by atoms with Crippen molar-refractivity contribution in [3.05, 3.63) is 222 Å². The van der Waals surface area contributed by atoms with Crippen molar-refractivity contribution in [1.82, 2.24) is 0 Å². The van der Waals surface area contributed by atoms with E-state index in [2.05, 4.69) is 226 Å². The second kappa shape index (κ2) is 14.0. The summed E-state index contributed by atoms with van der Waals surface area (Å²) in [7, 11) is 0. The fraction of sp³-hybridized carbons (Fsp3) is 0.123. The van der Waals surface area contributed by atoms with E-state index in [-0.39, 0.29) is 10.8 Å². The molecule has 58 heavy (non-hydrogen) atoms. The lowest BCUT2D eigenvalue weighted by molar-refractivity contribution is 0.595. The first-order valence-corrected chi connectivity index (χ1v) is 20.6. The molecule has 0 aromatic heterocycles. The van der Waals surface area contributed by atoms with Crippen LogP contribution in [-0.4, -0.2) is 0 Å². The van der Waals surface area contributed by atoms with Gasteiger partial charge in [-0.05, 0) is 132 Å². The summed E-state index contributed by atoms with van der Waals surface area (Å²) >= 11 is 0. The van der Waals surface area contributed by atoms with Crippen LogP contribution in [0.5, 0.6) is 0 Å². The normalized spacial score (nSPS) is 16.5. The standard InChI is InChI=1S/C57H47N/c1-5-57(4)36-35-42-15-7-9-17-50(42)54(57)20-12-13-39-21-28-45(29-22-39)58(47-32-34-52-51-18-10-11-19-53(51)56(2,3)55(52)38-47)46-30-25-40(26-31-46)43-27-33-49-44(37-43)24-23-41-14-6-8-16-48(41)49/h5-12,14-35,37-38H,1,13,36H2,2-4H3/b20-12-. The Morgan fingerprint density at radius 1 is 0.569 bits per heavy atom. The van der Waals surface area contributed by atoms with E-state index in [1.165, 1.54) is 76.5 Å². The molecule has 10 rings (SSSR count). The Bertz CT molecular complexity index is 3050. The van der Waals surface area contributed by atoms with Gasteiger partial charge in [0.2, 0.25) is 0 Å². The Kier molecular flexibility index (Phi) is 8.64. The smallest absolute Gasteiger partial charge is 0.0465 e. The third-order valence-electron chi connectivity index (χ3n) is 12.9. The molecule has 2 aliphatic rings. The molecular weight excluding hydrogens is 699 g/mol. The van der Waals surface area contributed by atoms with E-state index in [9.17, 15) is 0 Å². The molecular formula is C57H47N. The average Bonchev–Trinajstić information content (AvgIpc) is 3.50. The molecule has 8 aromatic rings. The number of benzene rings is 8. The maximum Gasteiger partial charge on any atom is 0.0465 e. The van der Waals surface area contributed by atoms with Gasteiger partial charge in [-0.3, -0.25) is 0 Å². The van der Waals surface area contributed by atoms with Crippen molar-refractivity contribution in [2.45, 2.75) is 39.0 Å². The summed E-state index contributed by atoms with van der Waals surface area (Å²) in [6.45, 7) is 11.2. The molecule has 0 radical (unpaired) electrons. The molecule has 0 bridgehead atoms. The van der Waals surface area contributed by atoms with Crippen molar-refractivity contribution < 1.29 is 0 Å². The number of nitrogens with zero attached hydrogens (tertiary/aromatic N) is 1. The molecule has 1 unspecified atom stereocenters. The molecule has 0 fully saturated rings. The maximum atomic E-state index is 4.22. The van der Waals surface area contributed by atoms with Crippen molar-refractivity contribution in [3.63, 3.8) is 0 Å². The molecule has 0 N–H and O–H groups in total. The van der Waals surface area contributed by atoms with Crippen molar-refractivity contribution in [1.29, 1.82) is 0 Å². The predicted octanol–water partition coefficient (Wildman–Crippen LogP) is 13.8. The van der Waals surface area contributed by atoms with Crippen molar-refractivity contribution in [2.24, 2.45) is 5.41 Å². The van der Waals surface area contributed by atoms with Crippen LogP contribution in [-0.2, 0) is 11.8 Å². The number of allylic oxidation sites excluding steroid dienone is 3. The number of rotatable bonds is 8. The number of anilines is 3. The molecule has 1 nitrogen and oxygen atoms in total. The molecule has 0 saturated heterocycles. The highest BCUT2D eigenvalue weighted by molar-refractivity contribution is 6.08. The van der Waals surface area contributed by atoms with E-state index in [0.717, 1.165) is 29.9 Å². The van der Waals surface area contributed by atoms with Crippen LogP contribution in [0.4, 0.5) is 17.1 Å². The average molecular weight is 746 g/mol. The minimum absolute atomic E-state index is 0.0836. The highest BCUT2D eigenvalue weighted by Crippen LogP contribution is 2.50. The maximum absolute atomic E-state index is 4.22. The highest BCUT2D eigenvalue weighted by atomic mass is 15.1. The Balaban J connectivity index is 1.00. The Labute approximate surface area is 342 Å². The van der Waals surface area contributed by atoms with E-state index in [0.29, 0.717) is 0 Å². The van der Waals surface area contributed by atoms with Crippen LogP contribution in [0.15, 0.2) is 195 Å². The molecule has 0 spiro atoms. The highest BCUT2D eigenvalue weighted by Gasteiger charge is 2.35. The van der Waals surface area contributed by atoms with E-state index in [1.54, 1.807) is 0 Å². The summed E-state index contributed by atoms with van der Waals surface area (Å²) < 4.78 is 0. The van der Waals surface area contributed by atoms with Gasteiger partial charge in [-0.25, -0.2) is 0 Å². The molecule has 0 amide bonds. The second-order valence-corrected chi connectivity index (χ2v) is 16.8. The lowest BCUT2D eigenvalue weighted by Crippen LogP contribution is -2.35. The van der Waals surface area contributed by atoms with Crippen LogP contribution in [0.25, 0.3) is 55.4 Å². The molecule has 0 aliphatic heterocycles. The third-order valence-corrected chi connectivity index (χ3v) is 12.9. The fourth-order valence-corrected chi connectivity index (χ4v) is 9.50. The van der Waals surface area contributed by atoms with Crippen LogP contribution in [0.2, 0.25) is 0 Å². The van der Waals surface area contributed by atoms with Crippen LogP contribution in [0.1, 0.15) is 43.9 Å². The zero-order valence-corrected chi connectivity index (χ0v) is 33.5. The van der Waals surface area contributed by atoms with Gasteiger partial charge in [0.05, 0.1) is 0 Å². The second-order valence-electron chi connectivity index (χ2n) is 16.8. The first-order chi connectivity index (χ1) is 28.3. The zero-order chi connectivity index (χ0) is 39.4. The van der Waals surface area contributed by atoms with Gasteiger partial charge in [0, 0.05) is 27.9 Å². The minimum atomic E-state index is -0.0916. The molecule has 8 aromatic carbocycles. The van der Waals surface area contributed by atoms with Crippen LogP contribution >= 0.6 is 0 Å². The summed E-state index contributed by atoms with van der Waals surface area (Å²) in [5, 5.41) is 7.73. The van der Waals surface area contributed by atoms with Crippen molar-refractivity contribution in [2.75, 3.05) is 4.90 Å². The van der Waals surface area contributed by atoms with Gasteiger partial charge in [-0.2, -0.15) is 0 Å². The van der Waals surface area contributed by atoms with Gasteiger partial charge in [-0.1, -0.05) is 172 Å². The first-order valence-electron chi connectivity index (χ1n) is 20.6. The molecule has 2 aliphatic carbocycles. The molecule has 0 heterocycles. The summed E-state index contributed by atoms with van der Waals surface area (Å²) in [6.07, 6.45) is 10.9. The quantitative estimate of drug-likeness (QED) is 0.111. The predicted molar refractivity (Wildman–Crippen MR) is 248 cm³/mol.